The summed E-state index contributed by atoms with van der Waals surface area (Å²) in [6.45, 7) is 4.23. The van der Waals surface area contributed by atoms with Gasteiger partial charge in [0.25, 0.3) is 0 Å². The van der Waals surface area contributed by atoms with Gasteiger partial charge in [-0.05, 0) is 148 Å². The van der Waals surface area contributed by atoms with Crippen molar-refractivity contribution in [2.45, 2.75) is 264 Å². The summed E-state index contributed by atoms with van der Waals surface area (Å²) in [7, 11) is -10.0. The first kappa shape index (κ1) is 92.4. The van der Waals surface area contributed by atoms with Gasteiger partial charge in [-0.25, -0.2) is 9.13 Å². The van der Waals surface area contributed by atoms with Crippen LogP contribution in [0.15, 0.2) is 170 Å². The van der Waals surface area contributed by atoms with Gasteiger partial charge in [-0.1, -0.05) is 243 Å². The molecule has 5 unspecified atom stereocenters. The number of aliphatic hydroxyl groups excluding tert-OH is 1. The van der Waals surface area contributed by atoms with E-state index in [1.165, 1.54) is 6.42 Å². The summed E-state index contributed by atoms with van der Waals surface area (Å²) in [5, 5.41) is 10.6. The van der Waals surface area contributed by atoms with Gasteiger partial charge in [0.05, 0.1) is 32.8 Å². The van der Waals surface area contributed by atoms with Gasteiger partial charge in [-0.15, -0.1) is 0 Å². The summed E-state index contributed by atoms with van der Waals surface area (Å²) < 4.78 is 68.1. The zero-order chi connectivity index (χ0) is 71.8. The van der Waals surface area contributed by atoms with Gasteiger partial charge < -0.3 is 33.8 Å². The number of carbonyl (C=O) groups is 4. The van der Waals surface area contributed by atoms with Crippen molar-refractivity contribution in [3.05, 3.63) is 170 Å². The summed E-state index contributed by atoms with van der Waals surface area (Å²) in [4.78, 5) is 72.6. The molecule has 554 valence electrons. The van der Waals surface area contributed by atoms with Crippen LogP contribution in [0.5, 0.6) is 0 Å². The zero-order valence-electron chi connectivity index (χ0n) is 60.1. The third kappa shape index (κ3) is 68.9. The summed E-state index contributed by atoms with van der Waals surface area (Å²) in [5.74, 6) is -2.43. The van der Waals surface area contributed by atoms with E-state index in [-0.39, 0.29) is 25.7 Å². The van der Waals surface area contributed by atoms with Gasteiger partial charge in [0, 0.05) is 19.3 Å². The van der Waals surface area contributed by atoms with Crippen LogP contribution in [-0.4, -0.2) is 96.7 Å². The number of hydrogen-bond donors (Lipinski definition) is 3. The number of rotatable bonds is 66. The van der Waals surface area contributed by atoms with Crippen molar-refractivity contribution in [1.29, 1.82) is 0 Å². The molecule has 0 spiro atoms. The lowest BCUT2D eigenvalue weighted by molar-refractivity contribution is -0.161. The molecule has 0 aliphatic heterocycles. The van der Waals surface area contributed by atoms with E-state index in [9.17, 15) is 43.2 Å². The Morgan fingerprint density at radius 2 is 0.571 bits per heavy atom. The summed E-state index contributed by atoms with van der Waals surface area (Å²) in [5.41, 5.74) is 0. The Labute approximate surface area is 591 Å². The highest BCUT2D eigenvalue weighted by Crippen LogP contribution is 2.45. The lowest BCUT2D eigenvalue weighted by Gasteiger charge is -2.21. The number of carbonyl (C=O) groups excluding carboxylic acids is 4. The molecule has 0 aromatic heterocycles. The highest BCUT2D eigenvalue weighted by molar-refractivity contribution is 7.47. The molecular formula is C79H126O17P2. The molecular weight excluding hydrogens is 1280 g/mol. The number of ether oxygens (including phenoxy) is 4. The molecule has 0 aliphatic rings. The summed E-state index contributed by atoms with van der Waals surface area (Å²) in [6, 6.07) is 0. The molecule has 0 fully saturated rings. The average molecular weight is 1410 g/mol. The van der Waals surface area contributed by atoms with Crippen molar-refractivity contribution in [3.63, 3.8) is 0 Å². The molecule has 0 saturated heterocycles. The number of phosphoric acid groups is 2. The predicted octanol–water partition coefficient (Wildman–Crippen LogP) is 20.7. The monoisotopic (exact) mass is 1410 g/mol. The Balaban J connectivity index is 5.48. The van der Waals surface area contributed by atoms with Crippen molar-refractivity contribution in [3.8, 4) is 0 Å². The van der Waals surface area contributed by atoms with Crippen LogP contribution < -0.4 is 0 Å². The molecule has 0 amide bonds. The van der Waals surface area contributed by atoms with E-state index in [1.54, 1.807) is 6.08 Å². The largest absolute Gasteiger partial charge is 0.472 e. The van der Waals surface area contributed by atoms with Crippen LogP contribution in [0.1, 0.15) is 246 Å². The number of unbranched alkanes of at least 4 members (excludes halogenated alkanes) is 13. The fourth-order valence-corrected chi connectivity index (χ4v) is 10.3. The van der Waals surface area contributed by atoms with Crippen LogP contribution >= 0.6 is 15.6 Å². The van der Waals surface area contributed by atoms with E-state index in [1.807, 2.05) is 18.2 Å². The second-order valence-corrected chi connectivity index (χ2v) is 26.3. The molecule has 0 aromatic carbocycles. The second-order valence-electron chi connectivity index (χ2n) is 23.4. The minimum atomic E-state index is -5.00. The maximum Gasteiger partial charge on any atom is 0.472 e. The maximum atomic E-state index is 13.1. The van der Waals surface area contributed by atoms with Gasteiger partial charge >= 0.3 is 39.5 Å². The molecule has 98 heavy (non-hydrogen) atoms. The minimum absolute atomic E-state index is 0.0283. The number of hydrogen-bond acceptors (Lipinski definition) is 15. The average Bonchev–Trinajstić information content (AvgIpc) is 0.985. The van der Waals surface area contributed by atoms with Crippen molar-refractivity contribution in [2.24, 2.45) is 0 Å². The highest BCUT2D eigenvalue weighted by Gasteiger charge is 2.30. The lowest BCUT2D eigenvalue weighted by Crippen LogP contribution is -2.30. The van der Waals surface area contributed by atoms with Crippen molar-refractivity contribution in [2.75, 3.05) is 39.6 Å². The van der Waals surface area contributed by atoms with E-state index < -0.39 is 97.5 Å². The molecule has 3 N–H and O–H groups in total. The first-order valence-corrected chi connectivity index (χ1v) is 39.4. The predicted molar refractivity (Wildman–Crippen MR) is 399 cm³/mol. The first-order valence-electron chi connectivity index (χ1n) is 36.4. The van der Waals surface area contributed by atoms with Crippen molar-refractivity contribution in [1.82, 2.24) is 0 Å². The van der Waals surface area contributed by atoms with E-state index in [2.05, 4.69) is 174 Å². The van der Waals surface area contributed by atoms with Gasteiger partial charge in [0.1, 0.15) is 19.3 Å². The number of phosphoric ester groups is 2. The molecule has 0 bridgehead atoms. The Kier molecular flexibility index (Phi) is 65.9. The van der Waals surface area contributed by atoms with Gasteiger partial charge in [0.15, 0.2) is 12.2 Å². The molecule has 19 heteroatoms. The van der Waals surface area contributed by atoms with E-state index >= 15 is 0 Å². The third-order valence-electron chi connectivity index (χ3n) is 14.2. The topological polar surface area (TPSA) is 237 Å². The van der Waals surface area contributed by atoms with Crippen LogP contribution in [0.2, 0.25) is 0 Å². The van der Waals surface area contributed by atoms with Gasteiger partial charge in [-0.2, -0.15) is 0 Å². The lowest BCUT2D eigenvalue weighted by atomic mass is 10.1. The fourth-order valence-electron chi connectivity index (χ4n) is 8.72. The molecule has 0 rings (SSSR count). The molecule has 0 saturated carbocycles. The van der Waals surface area contributed by atoms with Gasteiger partial charge in [-0.3, -0.25) is 37.3 Å². The second kappa shape index (κ2) is 69.9. The maximum absolute atomic E-state index is 13.1. The Morgan fingerprint density at radius 3 is 0.939 bits per heavy atom. The van der Waals surface area contributed by atoms with E-state index in [4.69, 9.17) is 37.0 Å². The van der Waals surface area contributed by atoms with Gasteiger partial charge in [0.2, 0.25) is 0 Å². The van der Waals surface area contributed by atoms with Crippen LogP contribution in [0, 0.1) is 0 Å². The molecule has 0 heterocycles. The summed E-state index contributed by atoms with van der Waals surface area (Å²) in [6.07, 6.45) is 81.1. The van der Waals surface area contributed by atoms with Crippen molar-refractivity contribution < 1.29 is 80.2 Å². The summed E-state index contributed by atoms with van der Waals surface area (Å²) >= 11 is 0. The standard InChI is InChI=1S/C79H126O17P2/c1-5-9-13-17-21-25-29-32-35-36-39-41-45-48-52-56-60-64-77(82)90-70-75(96-79(84)66-62-58-54-50-46-42-38-34-31-27-23-19-15-11-7-3)72-94-98(87,88)92-68-73(80)67-91-97(85,86)93-71-74(95-78(83)65-61-57-53-49-43-28-24-20-16-12-8-4)69-89-76(81)63-59-55-51-47-44-40-37-33-30-26-22-18-14-10-6-2/h9-11,13-15,20-27,32-35,37-39,41,44,46-47,50,55,59,73-75,80H,5-8,12,16-19,28-31,36,40,42-43,45,48-49,51-54,56-58,60-72H2,1-4H3,(H,85,86)(H,87,88)/b13-9-,14-10-,15-11-,24-20-,25-21-,26-22-,27-23-,35-32-,37-33-,38-34-,41-39-,47-44-,50-46-,59-55-. The molecule has 0 aliphatic carbocycles. The Bertz CT molecular complexity index is 2530. The fraction of sp³-hybridized carbons (Fsp3) is 0.595. The Hall–Kier alpha value is -5.58. The quantitative estimate of drug-likeness (QED) is 0.0169. The van der Waals surface area contributed by atoms with Crippen LogP contribution in [0.25, 0.3) is 0 Å². The number of allylic oxidation sites excluding steroid dienone is 27. The minimum Gasteiger partial charge on any atom is -0.462 e. The zero-order valence-corrected chi connectivity index (χ0v) is 61.9. The normalized spacial score (nSPS) is 15.0. The molecule has 0 aromatic rings. The number of aliphatic hydroxyl groups is 1. The third-order valence-corrected chi connectivity index (χ3v) is 16.1. The SMILES string of the molecule is CC/C=C\C/C=C\C/C=C\C/C=C\C/C=C\CC(=O)OCC(COP(=O)(O)OCC(O)COP(=O)(O)OCC(COC(=O)CCCCCC/C=C\C/C=C\C/C=C\C/C=C\CC)OC(=O)CCCC/C=C\C/C=C\C/C=C\C/C=C\CC)OC(=O)CCCCCCC/C=C\CCCC. The molecule has 5 atom stereocenters. The molecule has 17 nitrogen and oxygen atoms in total. The van der Waals surface area contributed by atoms with E-state index in [0.29, 0.717) is 32.1 Å². The number of esters is 4. The smallest absolute Gasteiger partial charge is 0.462 e. The van der Waals surface area contributed by atoms with E-state index in [0.717, 1.165) is 154 Å². The molecule has 0 radical (unpaired) electrons. The van der Waals surface area contributed by atoms with Crippen LogP contribution in [-0.2, 0) is 65.4 Å². The highest BCUT2D eigenvalue weighted by atomic mass is 31.2. The first-order chi connectivity index (χ1) is 47.7. The van der Waals surface area contributed by atoms with Crippen molar-refractivity contribution >= 4 is 39.5 Å². The van der Waals surface area contributed by atoms with Crippen LogP contribution in [0.3, 0.4) is 0 Å². The van der Waals surface area contributed by atoms with Crippen LogP contribution in [0.4, 0.5) is 0 Å². The Morgan fingerprint density at radius 1 is 0.306 bits per heavy atom.